The predicted octanol–water partition coefficient (Wildman–Crippen LogP) is 2.45. The lowest BCUT2D eigenvalue weighted by molar-refractivity contribution is 0.0938. The summed E-state index contributed by atoms with van der Waals surface area (Å²) >= 11 is 0. The van der Waals surface area contributed by atoms with Crippen LogP contribution in [0.1, 0.15) is 40.0 Å². The Morgan fingerprint density at radius 2 is 1.84 bits per heavy atom. The van der Waals surface area contributed by atoms with Crippen LogP contribution in [0.3, 0.4) is 0 Å². The molecule has 0 saturated carbocycles. The van der Waals surface area contributed by atoms with Gasteiger partial charge in [0, 0.05) is 11.1 Å². The van der Waals surface area contributed by atoms with Gasteiger partial charge in [-0.1, -0.05) is 23.8 Å². The lowest BCUT2D eigenvalue weighted by atomic mass is 10.0. The number of hydrogen-bond acceptors (Lipinski definition) is 4. The van der Waals surface area contributed by atoms with E-state index in [1.165, 1.54) is 12.1 Å². The number of amides is 1. The van der Waals surface area contributed by atoms with Gasteiger partial charge < -0.3 is 10.1 Å². The molecule has 0 aliphatic carbocycles. The van der Waals surface area contributed by atoms with E-state index >= 15 is 0 Å². The number of primary sulfonamides is 1. The zero-order valence-electron chi connectivity index (χ0n) is 14.7. The van der Waals surface area contributed by atoms with E-state index in [0.29, 0.717) is 11.3 Å². The van der Waals surface area contributed by atoms with Crippen molar-refractivity contribution in [3.05, 3.63) is 58.7 Å². The van der Waals surface area contributed by atoms with Crippen LogP contribution < -0.4 is 15.2 Å². The summed E-state index contributed by atoms with van der Waals surface area (Å²) in [7, 11) is -2.30. The SMILES string of the molecule is COc1ccc(C)cc1[C@H](C)NC(=O)c1cc(S(N)(=O)=O)ccc1C. The largest absolute Gasteiger partial charge is 0.496 e. The molecule has 0 spiro atoms. The van der Waals surface area contributed by atoms with Crippen LogP contribution >= 0.6 is 0 Å². The number of hydrogen-bond donors (Lipinski definition) is 2. The van der Waals surface area contributed by atoms with E-state index in [1.807, 2.05) is 32.0 Å². The van der Waals surface area contributed by atoms with Crippen LogP contribution in [0.15, 0.2) is 41.3 Å². The first-order valence-electron chi connectivity index (χ1n) is 7.72. The standard InChI is InChI=1S/C18H22N2O4S/c1-11-5-8-17(24-4)16(9-11)13(3)20-18(21)15-10-14(25(19,22)23)7-6-12(15)2/h5-10,13H,1-4H3,(H,20,21)(H2,19,22,23)/t13-/m0/s1. The molecule has 2 rings (SSSR count). The van der Waals surface area contributed by atoms with Crippen molar-refractivity contribution in [2.24, 2.45) is 5.14 Å². The molecule has 0 saturated heterocycles. The quantitative estimate of drug-likeness (QED) is 0.853. The number of nitrogens with one attached hydrogen (secondary N) is 1. The van der Waals surface area contributed by atoms with Gasteiger partial charge in [-0.15, -0.1) is 0 Å². The minimum atomic E-state index is -3.87. The summed E-state index contributed by atoms with van der Waals surface area (Å²) in [6, 6.07) is 9.63. The van der Waals surface area contributed by atoms with Gasteiger partial charge in [-0.05, 0) is 44.5 Å². The molecular weight excluding hydrogens is 340 g/mol. The van der Waals surface area contributed by atoms with Crippen LogP contribution in [0.25, 0.3) is 0 Å². The van der Waals surface area contributed by atoms with Gasteiger partial charge in [0.05, 0.1) is 18.0 Å². The monoisotopic (exact) mass is 362 g/mol. The van der Waals surface area contributed by atoms with E-state index in [9.17, 15) is 13.2 Å². The molecule has 0 radical (unpaired) electrons. The normalized spacial score (nSPS) is 12.5. The van der Waals surface area contributed by atoms with Crippen molar-refractivity contribution in [3.8, 4) is 5.75 Å². The molecule has 3 N–H and O–H groups in total. The Hall–Kier alpha value is -2.38. The lowest BCUT2D eigenvalue weighted by Gasteiger charge is -2.19. The molecule has 1 atom stereocenters. The maximum absolute atomic E-state index is 12.6. The van der Waals surface area contributed by atoms with Crippen LogP contribution in [-0.4, -0.2) is 21.4 Å². The lowest BCUT2D eigenvalue weighted by Crippen LogP contribution is -2.28. The predicted molar refractivity (Wildman–Crippen MR) is 96.2 cm³/mol. The fraction of sp³-hybridized carbons (Fsp3) is 0.278. The van der Waals surface area contributed by atoms with Gasteiger partial charge in [0.15, 0.2) is 0 Å². The van der Waals surface area contributed by atoms with Crippen molar-refractivity contribution in [3.63, 3.8) is 0 Å². The van der Waals surface area contributed by atoms with E-state index in [1.54, 1.807) is 20.1 Å². The molecule has 2 aromatic carbocycles. The number of sulfonamides is 1. The maximum atomic E-state index is 12.6. The highest BCUT2D eigenvalue weighted by atomic mass is 32.2. The Morgan fingerprint density at radius 3 is 2.44 bits per heavy atom. The van der Waals surface area contributed by atoms with Gasteiger partial charge >= 0.3 is 0 Å². The molecule has 0 aliphatic rings. The fourth-order valence-corrected chi connectivity index (χ4v) is 3.11. The van der Waals surface area contributed by atoms with Crippen LogP contribution in [0.5, 0.6) is 5.75 Å². The first-order valence-corrected chi connectivity index (χ1v) is 9.27. The van der Waals surface area contributed by atoms with E-state index in [4.69, 9.17) is 9.88 Å². The number of nitrogens with two attached hydrogens (primary N) is 1. The van der Waals surface area contributed by atoms with Crippen molar-refractivity contribution in [1.29, 1.82) is 0 Å². The minimum absolute atomic E-state index is 0.0935. The summed E-state index contributed by atoms with van der Waals surface area (Å²) in [5.41, 5.74) is 2.82. The van der Waals surface area contributed by atoms with Gasteiger partial charge in [-0.2, -0.15) is 0 Å². The highest BCUT2D eigenvalue weighted by molar-refractivity contribution is 7.89. The van der Waals surface area contributed by atoms with E-state index in [2.05, 4.69) is 5.32 Å². The van der Waals surface area contributed by atoms with Crippen LogP contribution in [-0.2, 0) is 10.0 Å². The third kappa shape index (κ3) is 4.37. The Labute approximate surface area is 148 Å². The molecule has 134 valence electrons. The molecule has 6 nitrogen and oxygen atoms in total. The second-order valence-corrected chi connectivity index (χ2v) is 7.52. The number of methoxy groups -OCH3 is 1. The summed E-state index contributed by atoms with van der Waals surface area (Å²) in [4.78, 5) is 12.5. The molecule has 0 aromatic heterocycles. The fourth-order valence-electron chi connectivity index (χ4n) is 2.57. The molecule has 25 heavy (non-hydrogen) atoms. The second-order valence-electron chi connectivity index (χ2n) is 5.96. The van der Waals surface area contributed by atoms with Gasteiger partial charge in [-0.25, -0.2) is 13.6 Å². The van der Waals surface area contributed by atoms with Crippen molar-refractivity contribution in [2.45, 2.75) is 31.7 Å². The zero-order chi connectivity index (χ0) is 18.8. The molecule has 0 aliphatic heterocycles. The number of carbonyl (C=O) groups is 1. The number of benzene rings is 2. The molecule has 0 heterocycles. The Balaban J connectivity index is 2.33. The van der Waals surface area contributed by atoms with Crippen LogP contribution in [0, 0.1) is 13.8 Å². The van der Waals surface area contributed by atoms with Crippen molar-refractivity contribution in [1.82, 2.24) is 5.32 Å². The first kappa shape index (κ1) is 19.0. The zero-order valence-corrected chi connectivity index (χ0v) is 15.5. The molecule has 1 amide bonds. The highest BCUT2D eigenvalue weighted by Crippen LogP contribution is 2.26. The summed E-state index contributed by atoms with van der Waals surface area (Å²) in [5, 5.41) is 8.03. The summed E-state index contributed by atoms with van der Waals surface area (Å²) < 4.78 is 28.4. The molecule has 7 heteroatoms. The molecule has 2 aromatic rings. The second kappa shape index (κ2) is 7.25. The van der Waals surface area contributed by atoms with Gasteiger partial charge in [-0.3, -0.25) is 4.79 Å². The van der Waals surface area contributed by atoms with Gasteiger partial charge in [0.1, 0.15) is 5.75 Å². The maximum Gasteiger partial charge on any atom is 0.252 e. The number of ether oxygens (including phenoxy) is 1. The third-order valence-electron chi connectivity index (χ3n) is 3.98. The Morgan fingerprint density at radius 1 is 1.16 bits per heavy atom. The van der Waals surface area contributed by atoms with Crippen LogP contribution in [0.4, 0.5) is 0 Å². The topological polar surface area (TPSA) is 98.5 Å². The number of rotatable bonds is 5. The minimum Gasteiger partial charge on any atom is -0.496 e. The van der Waals surface area contributed by atoms with E-state index < -0.39 is 10.0 Å². The highest BCUT2D eigenvalue weighted by Gasteiger charge is 2.19. The molecule has 0 bridgehead atoms. The summed E-state index contributed by atoms with van der Waals surface area (Å²) in [6.45, 7) is 5.53. The Bertz CT molecular complexity index is 907. The summed E-state index contributed by atoms with van der Waals surface area (Å²) in [6.07, 6.45) is 0. The smallest absolute Gasteiger partial charge is 0.252 e. The molecule has 0 fully saturated rings. The average molecular weight is 362 g/mol. The first-order chi connectivity index (χ1) is 11.6. The van der Waals surface area contributed by atoms with Crippen molar-refractivity contribution < 1.29 is 17.9 Å². The Kier molecular flexibility index (Phi) is 5.49. The average Bonchev–Trinajstić information content (AvgIpc) is 2.53. The number of carbonyl (C=O) groups excluding carboxylic acids is 1. The van der Waals surface area contributed by atoms with Crippen molar-refractivity contribution in [2.75, 3.05) is 7.11 Å². The molecular formula is C18H22N2O4S. The van der Waals surface area contributed by atoms with Gasteiger partial charge in [0.2, 0.25) is 10.0 Å². The molecule has 0 unspecified atom stereocenters. The summed E-state index contributed by atoms with van der Waals surface area (Å²) in [5.74, 6) is 0.299. The van der Waals surface area contributed by atoms with Gasteiger partial charge in [0.25, 0.3) is 5.91 Å². The van der Waals surface area contributed by atoms with E-state index in [0.717, 1.165) is 11.1 Å². The van der Waals surface area contributed by atoms with Crippen LogP contribution in [0.2, 0.25) is 0 Å². The van der Waals surface area contributed by atoms with Crippen molar-refractivity contribution >= 4 is 15.9 Å². The van der Waals surface area contributed by atoms with E-state index in [-0.39, 0.29) is 22.4 Å². The number of aryl methyl sites for hydroxylation is 2. The third-order valence-corrected chi connectivity index (χ3v) is 4.89.